The predicted octanol–water partition coefficient (Wildman–Crippen LogP) is 1.89. The van der Waals surface area contributed by atoms with E-state index in [1.165, 1.54) is 12.5 Å². The van der Waals surface area contributed by atoms with Gasteiger partial charge >= 0.3 is 0 Å². The molecule has 0 unspecified atom stereocenters. The quantitative estimate of drug-likeness (QED) is 0.927. The maximum atomic E-state index is 11.9. The number of aryl methyl sites for hydroxylation is 1. The zero-order chi connectivity index (χ0) is 11.8. The number of rotatable bonds is 3. The number of halogens is 1. The molecule has 2 heterocycles. The fraction of sp³-hybridized carbons (Fsp3) is 0.143. The standard InChI is InChI=1S/C7H6ClN3O3S2/c1-4-6(15-7(8)10-4)16(12,13)11-5-2-9-14-3-5/h2-3,11H,1H3. The van der Waals surface area contributed by atoms with Crippen molar-refractivity contribution >= 4 is 38.6 Å². The van der Waals surface area contributed by atoms with E-state index >= 15 is 0 Å². The number of sulfonamides is 1. The van der Waals surface area contributed by atoms with Crippen molar-refractivity contribution in [2.24, 2.45) is 0 Å². The van der Waals surface area contributed by atoms with Gasteiger partial charge < -0.3 is 4.52 Å². The summed E-state index contributed by atoms with van der Waals surface area (Å²) in [7, 11) is -3.67. The molecule has 0 aliphatic carbocycles. The fourth-order valence-electron chi connectivity index (χ4n) is 1.06. The van der Waals surface area contributed by atoms with E-state index in [4.69, 9.17) is 11.6 Å². The third-order valence-electron chi connectivity index (χ3n) is 1.66. The van der Waals surface area contributed by atoms with Crippen LogP contribution in [0.25, 0.3) is 0 Å². The van der Waals surface area contributed by atoms with Gasteiger partial charge in [-0.2, -0.15) is 0 Å². The van der Waals surface area contributed by atoms with E-state index in [0.29, 0.717) is 5.69 Å². The molecule has 2 rings (SSSR count). The fourth-order valence-corrected chi connectivity index (χ4v) is 3.82. The van der Waals surface area contributed by atoms with Crippen molar-refractivity contribution in [3.05, 3.63) is 22.6 Å². The van der Waals surface area contributed by atoms with Crippen molar-refractivity contribution in [3.8, 4) is 0 Å². The lowest BCUT2D eigenvalue weighted by molar-refractivity contribution is 0.420. The van der Waals surface area contributed by atoms with Gasteiger partial charge in [-0.3, -0.25) is 4.72 Å². The van der Waals surface area contributed by atoms with Crippen LogP contribution in [-0.4, -0.2) is 18.6 Å². The first kappa shape index (κ1) is 11.4. The molecule has 0 saturated carbocycles. The highest BCUT2D eigenvalue weighted by atomic mass is 35.5. The van der Waals surface area contributed by atoms with E-state index < -0.39 is 10.0 Å². The van der Waals surface area contributed by atoms with Crippen molar-refractivity contribution in [1.29, 1.82) is 0 Å². The Labute approximate surface area is 100 Å². The van der Waals surface area contributed by atoms with Gasteiger partial charge in [0.05, 0.1) is 11.9 Å². The minimum absolute atomic E-state index is 0.0821. The summed E-state index contributed by atoms with van der Waals surface area (Å²) in [6.45, 7) is 1.57. The van der Waals surface area contributed by atoms with Crippen LogP contribution >= 0.6 is 22.9 Å². The summed E-state index contributed by atoms with van der Waals surface area (Å²) in [5.41, 5.74) is 0.614. The molecular formula is C7H6ClN3O3S2. The van der Waals surface area contributed by atoms with Gasteiger partial charge in [0, 0.05) is 0 Å². The zero-order valence-electron chi connectivity index (χ0n) is 7.97. The van der Waals surface area contributed by atoms with Gasteiger partial charge in [0.2, 0.25) is 0 Å². The van der Waals surface area contributed by atoms with Gasteiger partial charge in [-0.15, -0.1) is 0 Å². The van der Waals surface area contributed by atoms with Crippen molar-refractivity contribution < 1.29 is 12.9 Å². The maximum Gasteiger partial charge on any atom is 0.273 e. The minimum atomic E-state index is -3.67. The van der Waals surface area contributed by atoms with E-state index in [-0.39, 0.29) is 14.4 Å². The van der Waals surface area contributed by atoms with Crippen LogP contribution in [0.3, 0.4) is 0 Å². The molecule has 86 valence electrons. The Hall–Kier alpha value is -1.12. The molecule has 9 heteroatoms. The monoisotopic (exact) mass is 279 g/mol. The summed E-state index contributed by atoms with van der Waals surface area (Å²) in [6.07, 6.45) is 2.45. The van der Waals surface area contributed by atoms with E-state index in [1.807, 2.05) is 0 Å². The lowest BCUT2D eigenvalue weighted by Gasteiger charge is -2.02. The predicted molar refractivity (Wildman–Crippen MR) is 59.2 cm³/mol. The molecule has 0 amide bonds. The van der Waals surface area contributed by atoms with Crippen LogP contribution in [0.2, 0.25) is 4.47 Å². The molecule has 0 aromatic carbocycles. The Balaban J connectivity index is 2.36. The molecule has 1 N–H and O–H groups in total. The van der Waals surface area contributed by atoms with Gasteiger partial charge in [-0.1, -0.05) is 28.1 Å². The highest BCUT2D eigenvalue weighted by Gasteiger charge is 2.21. The van der Waals surface area contributed by atoms with Crippen molar-refractivity contribution in [2.45, 2.75) is 11.1 Å². The maximum absolute atomic E-state index is 11.9. The van der Waals surface area contributed by atoms with Gasteiger partial charge in [0.15, 0.2) is 8.68 Å². The number of anilines is 1. The average Bonchev–Trinajstić information content (AvgIpc) is 2.75. The molecule has 0 aliphatic heterocycles. The van der Waals surface area contributed by atoms with Crippen LogP contribution < -0.4 is 4.72 Å². The van der Waals surface area contributed by atoms with Crippen LogP contribution in [-0.2, 0) is 10.0 Å². The Morgan fingerprint density at radius 1 is 1.56 bits per heavy atom. The molecule has 0 radical (unpaired) electrons. The van der Waals surface area contributed by atoms with Crippen molar-refractivity contribution in [1.82, 2.24) is 10.1 Å². The molecule has 2 aromatic rings. The normalized spacial score (nSPS) is 11.6. The van der Waals surface area contributed by atoms with Crippen LogP contribution in [0.4, 0.5) is 5.69 Å². The lowest BCUT2D eigenvalue weighted by atomic mass is 10.6. The second kappa shape index (κ2) is 4.04. The second-order valence-electron chi connectivity index (χ2n) is 2.86. The lowest BCUT2D eigenvalue weighted by Crippen LogP contribution is -2.12. The summed E-state index contributed by atoms with van der Waals surface area (Å²) in [5, 5.41) is 3.39. The first-order valence-corrected chi connectivity index (χ1v) is 6.72. The van der Waals surface area contributed by atoms with Crippen LogP contribution in [0.15, 0.2) is 21.2 Å². The number of nitrogens with zero attached hydrogens (tertiary/aromatic N) is 2. The molecule has 0 spiro atoms. The topological polar surface area (TPSA) is 85.1 Å². The Morgan fingerprint density at radius 2 is 2.31 bits per heavy atom. The third kappa shape index (κ3) is 2.18. The Kier molecular flexibility index (Phi) is 2.87. The Morgan fingerprint density at radius 3 is 2.81 bits per heavy atom. The molecule has 16 heavy (non-hydrogen) atoms. The van der Waals surface area contributed by atoms with Crippen LogP contribution in [0, 0.1) is 6.92 Å². The van der Waals surface area contributed by atoms with E-state index in [9.17, 15) is 8.42 Å². The molecule has 6 nitrogen and oxygen atoms in total. The number of hydrogen-bond acceptors (Lipinski definition) is 6. The first-order chi connectivity index (χ1) is 7.49. The minimum Gasteiger partial charge on any atom is -0.362 e. The highest BCUT2D eigenvalue weighted by Crippen LogP contribution is 2.28. The molecule has 0 aliphatic rings. The molecule has 2 aromatic heterocycles. The van der Waals surface area contributed by atoms with Crippen molar-refractivity contribution in [2.75, 3.05) is 4.72 Å². The number of aromatic nitrogens is 2. The smallest absolute Gasteiger partial charge is 0.273 e. The van der Waals surface area contributed by atoms with Crippen LogP contribution in [0.1, 0.15) is 5.69 Å². The zero-order valence-corrected chi connectivity index (χ0v) is 10.4. The average molecular weight is 280 g/mol. The van der Waals surface area contributed by atoms with Crippen molar-refractivity contribution in [3.63, 3.8) is 0 Å². The molecule has 0 saturated heterocycles. The second-order valence-corrected chi connectivity index (χ2v) is 6.32. The summed E-state index contributed by atoms with van der Waals surface area (Å²) in [6, 6.07) is 0. The van der Waals surface area contributed by atoms with E-state index in [1.54, 1.807) is 6.92 Å². The van der Waals surface area contributed by atoms with E-state index in [0.717, 1.165) is 11.3 Å². The molecule has 0 bridgehead atoms. The number of thiazole rings is 1. The van der Waals surface area contributed by atoms with Crippen LogP contribution in [0.5, 0.6) is 0 Å². The highest BCUT2D eigenvalue weighted by molar-refractivity contribution is 7.94. The number of nitrogens with one attached hydrogen (secondary N) is 1. The summed E-state index contributed by atoms with van der Waals surface area (Å²) >= 11 is 6.53. The van der Waals surface area contributed by atoms with Gasteiger partial charge in [-0.05, 0) is 6.92 Å². The third-order valence-corrected chi connectivity index (χ3v) is 4.91. The first-order valence-electron chi connectivity index (χ1n) is 4.04. The molecular weight excluding hydrogens is 274 g/mol. The van der Waals surface area contributed by atoms with Gasteiger partial charge in [-0.25, -0.2) is 13.4 Å². The Bertz CT molecular complexity index is 590. The number of hydrogen-bond donors (Lipinski definition) is 1. The van der Waals surface area contributed by atoms with Gasteiger partial charge in [0.1, 0.15) is 12.0 Å². The van der Waals surface area contributed by atoms with E-state index in [2.05, 4.69) is 19.4 Å². The SMILES string of the molecule is Cc1nc(Cl)sc1S(=O)(=O)Nc1cnoc1. The molecule has 0 fully saturated rings. The summed E-state index contributed by atoms with van der Waals surface area (Å²) in [4.78, 5) is 3.83. The largest absolute Gasteiger partial charge is 0.362 e. The summed E-state index contributed by atoms with van der Waals surface area (Å²) < 4.78 is 30.8. The molecule has 0 atom stereocenters. The van der Waals surface area contributed by atoms with Gasteiger partial charge in [0.25, 0.3) is 10.0 Å². The summed E-state index contributed by atoms with van der Waals surface area (Å²) in [5.74, 6) is 0.